The van der Waals surface area contributed by atoms with Gasteiger partial charge in [0.25, 0.3) is 0 Å². The molecule has 0 aliphatic heterocycles. The van der Waals surface area contributed by atoms with Crippen molar-refractivity contribution < 1.29 is 4.52 Å². The fraction of sp³-hybridized carbons (Fsp3) is 0.250. The number of hydrogen-bond acceptors (Lipinski definition) is 3. The van der Waals surface area contributed by atoms with E-state index in [1.54, 1.807) is 0 Å². The Bertz CT molecular complexity index is 500. The Morgan fingerprint density at radius 1 is 1.07 bits per heavy atom. The monoisotopic (exact) mass is 202 g/mol. The van der Waals surface area contributed by atoms with Crippen LogP contribution in [0.25, 0.3) is 11.3 Å². The van der Waals surface area contributed by atoms with E-state index in [1.807, 2.05) is 39.0 Å². The molecule has 0 fully saturated rings. The Morgan fingerprint density at radius 2 is 1.80 bits per heavy atom. The number of rotatable bonds is 1. The molecule has 2 rings (SSSR count). The first-order valence-electron chi connectivity index (χ1n) is 4.88. The van der Waals surface area contributed by atoms with Crippen molar-refractivity contribution in [1.29, 1.82) is 0 Å². The van der Waals surface area contributed by atoms with E-state index >= 15 is 0 Å². The summed E-state index contributed by atoms with van der Waals surface area (Å²) < 4.78 is 5.24. The summed E-state index contributed by atoms with van der Waals surface area (Å²) in [4.78, 5) is 0. The standard InChI is InChI=1S/C12H14N2O/c1-7-5-11(13)8(2)4-10(7)12-6-9(3)14-15-12/h4-6H,13H2,1-3H3. The fourth-order valence-corrected chi connectivity index (χ4v) is 1.59. The smallest absolute Gasteiger partial charge is 0.167 e. The molecule has 0 atom stereocenters. The topological polar surface area (TPSA) is 52.0 Å². The van der Waals surface area contributed by atoms with Gasteiger partial charge in [-0.1, -0.05) is 5.16 Å². The summed E-state index contributed by atoms with van der Waals surface area (Å²) in [6, 6.07) is 5.92. The van der Waals surface area contributed by atoms with E-state index in [2.05, 4.69) is 5.16 Å². The minimum Gasteiger partial charge on any atom is -0.399 e. The first-order chi connectivity index (χ1) is 7.08. The summed E-state index contributed by atoms with van der Waals surface area (Å²) in [5, 5.41) is 3.88. The van der Waals surface area contributed by atoms with Crippen LogP contribution in [-0.4, -0.2) is 5.16 Å². The summed E-state index contributed by atoms with van der Waals surface area (Å²) in [7, 11) is 0. The summed E-state index contributed by atoms with van der Waals surface area (Å²) in [5.41, 5.74) is 10.8. The quantitative estimate of drug-likeness (QED) is 0.723. The number of aromatic nitrogens is 1. The van der Waals surface area contributed by atoms with E-state index in [-0.39, 0.29) is 0 Å². The third kappa shape index (κ3) is 1.73. The molecule has 2 aromatic rings. The van der Waals surface area contributed by atoms with Gasteiger partial charge in [0.15, 0.2) is 5.76 Å². The van der Waals surface area contributed by atoms with Gasteiger partial charge in [-0.2, -0.15) is 0 Å². The maximum absolute atomic E-state index is 5.83. The van der Waals surface area contributed by atoms with Gasteiger partial charge >= 0.3 is 0 Å². The SMILES string of the molecule is Cc1cc(-c2cc(C)c(N)cc2C)on1. The third-order valence-corrected chi connectivity index (χ3v) is 2.51. The molecule has 0 unspecified atom stereocenters. The molecule has 1 heterocycles. The van der Waals surface area contributed by atoms with Crippen LogP contribution in [0.1, 0.15) is 16.8 Å². The first-order valence-corrected chi connectivity index (χ1v) is 4.88. The molecule has 0 amide bonds. The molecule has 0 aliphatic rings. The largest absolute Gasteiger partial charge is 0.399 e. The van der Waals surface area contributed by atoms with E-state index in [4.69, 9.17) is 10.3 Å². The van der Waals surface area contributed by atoms with Crippen molar-refractivity contribution in [1.82, 2.24) is 5.16 Å². The first kappa shape index (κ1) is 9.77. The van der Waals surface area contributed by atoms with E-state index in [0.717, 1.165) is 33.8 Å². The molecule has 15 heavy (non-hydrogen) atoms. The maximum atomic E-state index is 5.83. The lowest BCUT2D eigenvalue weighted by Gasteiger charge is -2.06. The van der Waals surface area contributed by atoms with Gasteiger partial charge in [-0.25, -0.2) is 0 Å². The summed E-state index contributed by atoms with van der Waals surface area (Å²) in [5.74, 6) is 0.799. The van der Waals surface area contributed by atoms with Crippen molar-refractivity contribution in [2.75, 3.05) is 5.73 Å². The van der Waals surface area contributed by atoms with Crippen LogP contribution in [0.3, 0.4) is 0 Å². The highest BCUT2D eigenvalue weighted by molar-refractivity contribution is 5.67. The van der Waals surface area contributed by atoms with Gasteiger partial charge in [0, 0.05) is 17.3 Å². The molecule has 78 valence electrons. The number of benzene rings is 1. The highest BCUT2D eigenvalue weighted by atomic mass is 16.5. The molecule has 3 heteroatoms. The van der Waals surface area contributed by atoms with Crippen molar-refractivity contribution in [3.63, 3.8) is 0 Å². The average molecular weight is 202 g/mol. The molecule has 3 nitrogen and oxygen atoms in total. The minimum atomic E-state index is 0.799. The van der Waals surface area contributed by atoms with Gasteiger partial charge in [-0.3, -0.25) is 0 Å². The molecule has 0 spiro atoms. The summed E-state index contributed by atoms with van der Waals surface area (Å²) in [6.45, 7) is 5.91. The Balaban J connectivity index is 2.58. The van der Waals surface area contributed by atoms with Crippen molar-refractivity contribution in [2.24, 2.45) is 0 Å². The van der Waals surface area contributed by atoms with Crippen molar-refractivity contribution in [3.05, 3.63) is 35.0 Å². The molecule has 1 aromatic carbocycles. The number of anilines is 1. The number of nitrogen functional groups attached to an aromatic ring is 1. The Kier molecular flexibility index (Phi) is 2.23. The summed E-state index contributed by atoms with van der Waals surface area (Å²) >= 11 is 0. The zero-order valence-electron chi connectivity index (χ0n) is 9.16. The average Bonchev–Trinajstić information content (AvgIpc) is 2.58. The van der Waals surface area contributed by atoms with Crippen molar-refractivity contribution in [3.8, 4) is 11.3 Å². The van der Waals surface area contributed by atoms with Crippen LogP contribution in [0.15, 0.2) is 22.7 Å². The highest BCUT2D eigenvalue weighted by Crippen LogP contribution is 2.27. The lowest BCUT2D eigenvalue weighted by Crippen LogP contribution is -1.92. The van der Waals surface area contributed by atoms with E-state index in [9.17, 15) is 0 Å². The Hall–Kier alpha value is -1.77. The zero-order valence-corrected chi connectivity index (χ0v) is 9.16. The molecule has 0 radical (unpaired) electrons. The number of aryl methyl sites for hydroxylation is 3. The molecule has 1 aromatic heterocycles. The molecule has 0 saturated carbocycles. The second-order valence-corrected chi connectivity index (χ2v) is 3.86. The van der Waals surface area contributed by atoms with Crippen LogP contribution in [-0.2, 0) is 0 Å². The van der Waals surface area contributed by atoms with Gasteiger partial charge < -0.3 is 10.3 Å². The van der Waals surface area contributed by atoms with E-state index < -0.39 is 0 Å². The van der Waals surface area contributed by atoms with Crippen LogP contribution in [0, 0.1) is 20.8 Å². The van der Waals surface area contributed by atoms with Gasteiger partial charge in [-0.15, -0.1) is 0 Å². The van der Waals surface area contributed by atoms with E-state index in [0.29, 0.717) is 0 Å². The highest BCUT2D eigenvalue weighted by Gasteiger charge is 2.09. The van der Waals surface area contributed by atoms with Gasteiger partial charge in [0.2, 0.25) is 0 Å². The maximum Gasteiger partial charge on any atom is 0.167 e. The second-order valence-electron chi connectivity index (χ2n) is 3.86. The molecule has 0 bridgehead atoms. The number of nitrogens with zero attached hydrogens (tertiary/aromatic N) is 1. The molecule has 0 aliphatic carbocycles. The fourth-order valence-electron chi connectivity index (χ4n) is 1.59. The molecular formula is C12H14N2O. The predicted octanol–water partition coefficient (Wildman–Crippen LogP) is 2.85. The van der Waals surface area contributed by atoms with Crippen molar-refractivity contribution in [2.45, 2.75) is 20.8 Å². The van der Waals surface area contributed by atoms with E-state index in [1.165, 1.54) is 0 Å². The zero-order chi connectivity index (χ0) is 11.0. The third-order valence-electron chi connectivity index (χ3n) is 2.51. The summed E-state index contributed by atoms with van der Waals surface area (Å²) in [6.07, 6.45) is 0. The van der Waals surface area contributed by atoms with Crippen LogP contribution in [0.5, 0.6) is 0 Å². The van der Waals surface area contributed by atoms with Crippen LogP contribution in [0.2, 0.25) is 0 Å². The van der Waals surface area contributed by atoms with Crippen LogP contribution >= 0.6 is 0 Å². The minimum absolute atomic E-state index is 0.799. The molecule has 0 saturated heterocycles. The van der Waals surface area contributed by atoms with Gasteiger partial charge in [0.05, 0.1) is 5.69 Å². The second kappa shape index (κ2) is 3.42. The Labute approximate surface area is 88.9 Å². The normalized spacial score (nSPS) is 10.6. The molecule has 2 N–H and O–H groups in total. The lowest BCUT2D eigenvalue weighted by molar-refractivity contribution is 0.427. The van der Waals surface area contributed by atoms with Crippen LogP contribution < -0.4 is 5.73 Å². The van der Waals surface area contributed by atoms with Crippen LogP contribution in [0.4, 0.5) is 5.69 Å². The van der Waals surface area contributed by atoms with Gasteiger partial charge in [0.1, 0.15) is 0 Å². The van der Waals surface area contributed by atoms with Crippen molar-refractivity contribution >= 4 is 5.69 Å². The Morgan fingerprint density at radius 3 is 2.40 bits per heavy atom. The number of nitrogens with two attached hydrogens (primary N) is 1. The van der Waals surface area contributed by atoms with Gasteiger partial charge in [-0.05, 0) is 44.0 Å². The number of hydrogen-bond donors (Lipinski definition) is 1. The predicted molar refractivity (Wildman–Crippen MR) is 60.6 cm³/mol. The lowest BCUT2D eigenvalue weighted by atomic mass is 10.0. The molecular weight excluding hydrogens is 188 g/mol.